The van der Waals surface area contributed by atoms with E-state index in [-0.39, 0.29) is 24.4 Å². The van der Waals surface area contributed by atoms with E-state index in [1.54, 1.807) is 48.5 Å². The summed E-state index contributed by atoms with van der Waals surface area (Å²) >= 11 is 0. The fourth-order valence-corrected chi connectivity index (χ4v) is 3.21. The predicted octanol–water partition coefficient (Wildman–Crippen LogP) is 5.09. The van der Waals surface area contributed by atoms with Crippen LogP contribution in [0.15, 0.2) is 94.9 Å². The van der Waals surface area contributed by atoms with Crippen molar-refractivity contribution < 1.29 is 23.8 Å². The maximum Gasteiger partial charge on any atom is 0.338 e. The second kappa shape index (κ2) is 9.22. The number of ether oxygens (including phenoxy) is 2. The minimum atomic E-state index is -0.427. The third kappa shape index (κ3) is 4.54. The second-order valence-electron chi connectivity index (χ2n) is 7.06. The van der Waals surface area contributed by atoms with Gasteiger partial charge in [-0.2, -0.15) is 0 Å². The number of hydrogen-bond acceptors (Lipinski definition) is 6. The first kappa shape index (κ1) is 20.9. The topological polar surface area (TPSA) is 86.0 Å². The quantitative estimate of drug-likeness (QED) is 0.326. The van der Waals surface area contributed by atoms with Gasteiger partial charge in [0.1, 0.15) is 36.6 Å². The van der Waals surface area contributed by atoms with Crippen molar-refractivity contribution in [3.63, 3.8) is 0 Å². The Morgan fingerprint density at radius 2 is 1.88 bits per heavy atom. The van der Waals surface area contributed by atoms with Crippen LogP contribution in [-0.2, 0) is 11.3 Å². The van der Waals surface area contributed by atoms with Crippen LogP contribution in [0.2, 0.25) is 0 Å². The Hall–Kier alpha value is -4.32. The molecule has 6 heteroatoms. The van der Waals surface area contributed by atoms with Gasteiger partial charge in [-0.1, -0.05) is 36.9 Å². The van der Waals surface area contributed by atoms with Gasteiger partial charge in [0.2, 0.25) is 0 Å². The fourth-order valence-electron chi connectivity index (χ4n) is 3.21. The second-order valence-corrected chi connectivity index (χ2v) is 7.06. The molecule has 0 aliphatic heterocycles. The number of fused-ring (bicyclic) bond motifs is 1. The molecule has 1 aromatic heterocycles. The molecule has 4 rings (SSSR count). The molecule has 0 spiro atoms. The summed E-state index contributed by atoms with van der Waals surface area (Å²) in [7, 11) is 0. The molecule has 160 valence electrons. The normalized spacial score (nSPS) is 10.6. The third-order valence-corrected chi connectivity index (χ3v) is 4.82. The van der Waals surface area contributed by atoms with E-state index in [0.29, 0.717) is 33.4 Å². The summed E-state index contributed by atoms with van der Waals surface area (Å²) in [5, 5.41) is 9.87. The molecule has 0 saturated carbocycles. The Morgan fingerprint density at radius 1 is 1.06 bits per heavy atom. The van der Waals surface area contributed by atoms with E-state index in [9.17, 15) is 14.7 Å². The van der Waals surface area contributed by atoms with Crippen LogP contribution in [0, 0.1) is 0 Å². The first-order valence-corrected chi connectivity index (χ1v) is 9.90. The van der Waals surface area contributed by atoms with Crippen LogP contribution in [0.3, 0.4) is 0 Å². The van der Waals surface area contributed by atoms with Crippen molar-refractivity contribution in [2.45, 2.75) is 6.61 Å². The third-order valence-electron chi connectivity index (χ3n) is 4.82. The maximum absolute atomic E-state index is 12.9. The highest BCUT2D eigenvalue weighted by Gasteiger charge is 2.11. The first-order chi connectivity index (χ1) is 15.5. The minimum Gasteiger partial charge on any atom is -0.508 e. The van der Waals surface area contributed by atoms with E-state index in [2.05, 4.69) is 6.58 Å². The molecular weight excluding hydrogens is 408 g/mol. The molecule has 0 fully saturated rings. The lowest BCUT2D eigenvalue weighted by atomic mass is 10.1. The number of rotatable bonds is 7. The first-order valence-electron chi connectivity index (χ1n) is 9.90. The highest BCUT2D eigenvalue weighted by atomic mass is 16.5. The lowest BCUT2D eigenvalue weighted by Gasteiger charge is -2.09. The highest BCUT2D eigenvalue weighted by molar-refractivity contribution is 5.89. The average molecular weight is 428 g/mol. The monoisotopic (exact) mass is 428 g/mol. The number of hydrogen-bond donors (Lipinski definition) is 1. The largest absolute Gasteiger partial charge is 0.508 e. The van der Waals surface area contributed by atoms with Crippen LogP contribution in [0.5, 0.6) is 11.5 Å². The SMILES string of the molecule is C=CCOC(=O)c1cccc(COc2ccc3c(=O)c(-c4ccc(O)cc4)coc3c2)c1. The standard InChI is InChI=1S/C26H20O6/c1-2-12-30-26(29)19-5-3-4-17(13-19)15-31-21-10-11-22-24(14-21)32-16-23(25(22)28)18-6-8-20(27)9-7-18/h2-11,13-14,16,27H,1,12,15H2. The molecular formula is C26H20O6. The van der Waals surface area contributed by atoms with Crippen LogP contribution in [0.1, 0.15) is 15.9 Å². The van der Waals surface area contributed by atoms with Crippen LogP contribution >= 0.6 is 0 Å². The molecule has 0 radical (unpaired) electrons. The molecule has 1 N–H and O–H groups in total. The van der Waals surface area contributed by atoms with Gasteiger partial charge in [0.05, 0.1) is 16.5 Å². The van der Waals surface area contributed by atoms with E-state index < -0.39 is 5.97 Å². The van der Waals surface area contributed by atoms with Crippen molar-refractivity contribution in [2.75, 3.05) is 6.61 Å². The van der Waals surface area contributed by atoms with Crippen molar-refractivity contribution in [1.29, 1.82) is 0 Å². The zero-order valence-corrected chi connectivity index (χ0v) is 17.1. The molecule has 0 unspecified atom stereocenters. The Balaban J connectivity index is 1.52. The van der Waals surface area contributed by atoms with Crippen molar-refractivity contribution in [2.24, 2.45) is 0 Å². The Morgan fingerprint density at radius 3 is 2.66 bits per heavy atom. The van der Waals surface area contributed by atoms with E-state index in [1.807, 2.05) is 6.07 Å². The van der Waals surface area contributed by atoms with Crippen molar-refractivity contribution >= 4 is 16.9 Å². The van der Waals surface area contributed by atoms with Gasteiger partial charge in [0.25, 0.3) is 0 Å². The van der Waals surface area contributed by atoms with Gasteiger partial charge < -0.3 is 19.0 Å². The number of phenols is 1. The number of esters is 1. The molecule has 6 nitrogen and oxygen atoms in total. The van der Waals surface area contributed by atoms with Gasteiger partial charge in [-0.3, -0.25) is 4.79 Å². The Labute approximate surface area is 184 Å². The maximum atomic E-state index is 12.9. The number of aromatic hydroxyl groups is 1. The minimum absolute atomic E-state index is 0.125. The summed E-state index contributed by atoms with van der Waals surface area (Å²) in [6, 6.07) is 18.3. The zero-order chi connectivity index (χ0) is 22.5. The van der Waals surface area contributed by atoms with Crippen molar-refractivity contribution in [3.05, 3.63) is 107 Å². The smallest absolute Gasteiger partial charge is 0.338 e. The molecule has 3 aromatic carbocycles. The van der Waals surface area contributed by atoms with Gasteiger partial charge in [-0.05, 0) is 47.5 Å². The van der Waals surface area contributed by atoms with E-state index >= 15 is 0 Å². The average Bonchev–Trinajstić information content (AvgIpc) is 2.82. The molecule has 32 heavy (non-hydrogen) atoms. The van der Waals surface area contributed by atoms with Gasteiger partial charge in [-0.15, -0.1) is 0 Å². The summed E-state index contributed by atoms with van der Waals surface area (Å²) in [5.74, 6) is 0.223. The van der Waals surface area contributed by atoms with Crippen molar-refractivity contribution in [1.82, 2.24) is 0 Å². The van der Waals surface area contributed by atoms with Crippen LogP contribution in [-0.4, -0.2) is 17.7 Å². The summed E-state index contributed by atoms with van der Waals surface area (Å²) in [6.07, 6.45) is 2.91. The summed E-state index contributed by atoms with van der Waals surface area (Å²) in [5.41, 5.74) is 2.52. The van der Waals surface area contributed by atoms with Crippen molar-refractivity contribution in [3.8, 4) is 22.6 Å². The molecule has 0 aliphatic rings. The predicted molar refractivity (Wildman–Crippen MR) is 121 cm³/mol. The molecule has 0 bridgehead atoms. The van der Waals surface area contributed by atoms with Gasteiger partial charge in [0, 0.05) is 6.07 Å². The Kier molecular flexibility index (Phi) is 6.03. The molecule has 0 amide bonds. The zero-order valence-electron chi connectivity index (χ0n) is 17.1. The van der Waals surface area contributed by atoms with E-state index in [0.717, 1.165) is 5.56 Å². The number of phenolic OH excluding ortho intramolecular Hbond substituents is 1. The van der Waals surface area contributed by atoms with Gasteiger partial charge in [-0.25, -0.2) is 4.79 Å². The lowest BCUT2D eigenvalue weighted by Crippen LogP contribution is -2.06. The van der Waals surface area contributed by atoms with Gasteiger partial charge in [0.15, 0.2) is 5.43 Å². The van der Waals surface area contributed by atoms with Crippen LogP contribution in [0.25, 0.3) is 22.1 Å². The molecule has 1 heterocycles. The van der Waals surface area contributed by atoms with E-state index in [4.69, 9.17) is 13.9 Å². The summed E-state index contributed by atoms with van der Waals surface area (Å²) in [4.78, 5) is 24.9. The van der Waals surface area contributed by atoms with E-state index in [1.165, 1.54) is 24.5 Å². The molecule has 0 saturated heterocycles. The number of carbonyl (C=O) groups excluding carboxylic acids is 1. The number of benzene rings is 3. The van der Waals surface area contributed by atoms with Crippen LogP contribution < -0.4 is 10.2 Å². The molecule has 0 atom stereocenters. The number of carbonyl (C=O) groups is 1. The van der Waals surface area contributed by atoms with Gasteiger partial charge >= 0.3 is 5.97 Å². The fraction of sp³-hybridized carbons (Fsp3) is 0.0769. The van der Waals surface area contributed by atoms with Crippen LogP contribution in [0.4, 0.5) is 0 Å². The summed E-state index contributed by atoms with van der Waals surface area (Å²) in [6.45, 7) is 3.90. The summed E-state index contributed by atoms with van der Waals surface area (Å²) < 4.78 is 16.6. The molecule has 4 aromatic rings. The molecule has 0 aliphatic carbocycles. The lowest BCUT2D eigenvalue weighted by molar-refractivity contribution is 0.0549. The highest BCUT2D eigenvalue weighted by Crippen LogP contribution is 2.25. The Bertz CT molecular complexity index is 1330.